The van der Waals surface area contributed by atoms with Crippen molar-refractivity contribution < 1.29 is 9.59 Å². The summed E-state index contributed by atoms with van der Waals surface area (Å²) in [5.74, 6) is 0.842. The van der Waals surface area contributed by atoms with Crippen LogP contribution in [0.2, 0.25) is 0 Å². The first kappa shape index (κ1) is 34.4. The topological polar surface area (TPSA) is 62.4 Å². The zero-order valence-electron chi connectivity index (χ0n) is 27.1. The SMILES string of the molecule is CC(C)C(=O)N1CCN(C2CN(C(c3ccccc3)c3ccccc3)C2)CC1.CC(C)C(=O)N1CCN(C2CNC2)CC1.Cl. The molecule has 0 radical (unpaired) electrons. The maximum absolute atomic E-state index is 12.2. The largest absolute Gasteiger partial charge is 0.340 e. The van der Waals surface area contributed by atoms with Crippen LogP contribution in [0.15, 0.2) is 60.7 Å². The lowest BCUT2D eigenvalue weighted by Gasteiger charge is -2.51. The van der Waals surface area contributed by atoms with E-state index in [1.54, 1.807) is 0 Å². The van der Waals surface area contributed by atoms with Crippen LogP contribution in [-0.2, 0) is 9.59 Å². The van der Waals surface area contributed by atoms with Crippen molar-refractivity contribution >= 4 is 24.2 Å². The van der Waals surface area contributed by atoms with Gasteiger partial charge in [-0.2, -0.15) is 0 Å². The molecule has 0 unspecified atom stereocenters. The molecule has 4 aliphatic rings. The van der Waals surface area contributed by atoms with E-state index >= 15 is 0 Å². The minimum absolute atomic E-state index is 0. The fraction of sp³-hybridized carbons (Fsp3) is 0.600. The molecule has 0 atom stereocenters. The van der Waals surface area contributed by atoms with Crippen LogP contribution in [0.1, 0.15) is 44.9 Å². The zero-order valence-corrected chi connectivity index (χ0v) is 27.9. The fourth-order valence-corrected chi connectivity index (χ4v) is 6.69. The van der Waals surface area contributed by atoms with E-state index in [1.807, 2.05) is 37.5 Å². The lowest BCUT2D eigenvalue weighted by molar-refractivity contribution is -0.137. The number of carbonyl (C=O) groups excluding carboxylic acids is 2. The second kappa shape index (κ2) is 16.2. The Morgan fingerprint density at radius 2 is 1.00 bits per heavy atom. The van der Waals surface area contributed by atoms with Crippen LogP contribution >= 0.6 is 12.4 Å². The van der Waals surface area contributed by atoms with Crippen LogP contribution in [-0.4, -0.2) is 127 Å². The summed E-state index contributed by atoms with van der Waals surface area (Å²) in [6.45, 7) is 20.0. The number of amides is 2. The number of nitrogens with zero attached hydrogens (tertiary/aromatic N) is 5. The summed E-state index contributed by atoms with van der Waals surface area (Å²) in [6, 6.07) is 23.3. The van der Waals surface area contributed by atoms with Crippen LogP contribution in [0.5, 0.6) is 0 Å². The monoisotopic (exact) mass is 624 g/mol. The molecule has 1 N–H and O–H groups in total. The highest BCUT2D eigenvalue weighted by molar-refractivity contribution is 5.85. The summed E-state index contributed by atoms with van der Waals surface area (Å²) in [5, 5.41) is 3.29. The molecule has 2 amide bonds. The minimum atomic E-state index is 0. The Labute approximate surface area is 271 Å². The van der Waals surface area contributed by atoms with Crippen molar-refractivity contribution in [3.8, 4) is 0 Å². The van der Waals surface area contributed by atoms with Gasteiger partial charge in [0.15, 0.2) is 0 Å². The molecule has 4 fully saturated rings. The molecule has 0 aliphatic carbocycles. The third kappa shape index (κ3) is 8.40. The summed E-state index contributed by atoms with van der Waals surface area (Å²) >= 11 is 0. The number of rotatable bonds is 7. The average molecular weight is 625 g/mol. The van der Waals surface area contributed by atoms with E-state index in [4.69, 9.17) is 0 Å². The molecule has 242 valence electrons. The second-order valence-electron chi connectivity index (χ2n) is 13.2. The van der Waals surface area contributed by atoms with Crippen molar-refractivity contribution in [3.63, 3.8) is 0 Å². The Morgan fingerprint density at radius 3 is 1.34 bits per heavy atom. The molecule has 2 aromatic carbocycles. The van der Waals surface area contributed by atoms with Crippen LogP contribution < -0.4 is 5.32 Å². The third-order valence-corrected chi connectivity index (χ3v) is 9.52. The molecule has 6 rings (SSSR count). The van der Waals surface area contributed by atoms with E-state index in [0.717, 1.165) is 84.6 Å². The number of hydrogen-bond donors (Lipinski definition) is 1. The molecule has 0 saturated carbocycles. The quantitative estimate of drug-likeness (QED) is 0.510. The Bertz CT molecular complexity index is 1120. The number of piperazine rings is 2. The van der Waals surface area contributed by atoms with E-state index in [-0.39, 0.29) is 24.2 Å². The van der Waals surface area contributed by atoms with E-state index in [9.17, 15) is 9.59 Å². The number of hydrogen-bond acceptors (Lipinski definition) is 6. The molecule has 9 heteroatoms. The highest BCUT2D eigenvalue weighted by atomic mass is 35.5. The van der Waals surface area contributed by atoms with Crippen molar-refractivity contribution in [3.05, 3.63) is 71.8 Å². The van der Waals surface area contributed by atoms with Gasteiger partial charge in [0.25, 0.3) is 0 Å². The van der Waals surface area contributed by atoms with Crippen LogP contribution in [0.25, 0.3) is 0 Å². The Morgan fingerprint density at radius 1 is 0.614 bits per heavy atom. The Kier molecular flexibility index (Phi) is 12.6. The molecule has 0 aromatic heterocycles. The summed E-state index contributed by atoms with van der Waals surface area (Å²) in [6.07, 6.45) is 0. The first-order chi connectivity index (χ1) is 20.8. The normalized spacial score (nSPS) is 20.5. The van der Waals surface area contributed by atoms with Crippen LogP contribution in [0.4, 0.5) is 0 Å². The van der Waals surface area contributed by atoms with Gasteiger partial charge in [-0.05, 0) is 11.1 Å². The van der Waals surface area contributed by atoms with Gasteiger partial charge in [0.1, 0.15) is 0 Å². The van der Waals surface area contributed by atoms with Crippen molar-refractivity contribution in [2.24, 2.45) is 11.8 Å². The molecule has 0 bridgehead atoms. The number of halogens is 1. The predicted molar refractivity (Wildman–Crippen MR) is 180 cm³/mol. The number of likely N-dealkylation sites (tertiary alicyclic amines) is 1. The summed E-state index contributed by atoms with van der Waals surface area (Å²) in [5.41, 5.74) is 2.72. The molecule has 0 spiro atoms. The Hall–Kier alpha value is -2.49. The summed E-state index contributed by atoms with van der Waals surface area (Å²) in [4.78, 5) is 35.7. The molecular weight excluding hydrogens is 572 g/mol. The van der Waals surface area contributed by atoms with E-state index < -0.39 is 0 Å². The van der Waals surface area contributed by atoms with E-state index in [2.05, 4.69) is 80.7 Å². The lowest BCUT2D eigenvalue weighted by Crippen LogP contribution is -2.64. The highest BCUT2D eigenvalue weighted by Gasteiger charge is 2.38. The Balaban J connectivity index is 0.000000234. The van der Waals surface area contributed by atoms with Crippen molar-refractivity contribution in [2.75, 3.05) is 78.5 Å². The third-order valence-electron chi connectivity index (χ3n) is 9.52. The fourth-order valence-electron chi connectivity index (χ4n) is 6.69. The lowest BCUT2D eigenvalue weighted by atomic mass is 9.92. The standard InChI is InChI=1S/C24H31N3O.C11H21N3O.ClH/c1-19(2)24(28)26-15-13-25(14-16-26)22-17-27(18-22)23(20-9-5-3-6-10-20)21-11-7-4-8-12-21;1-9(2)11(15)14-5-3-13(4-6-14)10-7-12-8-10;/h3-12,19,22-23H,13-18H2,1-2H3;9-10,12H,3-8H2,1-2H3;1H. The van der Waals surface area contributed by atoms with E-state index in [0.29, 0.717) is 23.9 Å². The molecule has 4 aliphatic heterocycles. The molecule has 4 saturated heterocycles. The van der Waals surface area contributed by atoms with Crippen molar-refractivity contribution in [2.45, 2.75) is 45.8 Å². The molecule has 44 heavy (non-hydrogen) atoms. The van der Waals surface area contributed by atoms with Gasteiger partial charge in [-0.15, -0.1) is 12.4 Å². The maximum atomic E-state index is 12.2. The van der Waals surface area contributed by atoms with Crippen LogP contribution in [0.3, 0.4) is 0 Å². The minimum Gasteiger partial charge on any atom is -0.340 e. The second-order valence-corrected chi connectivity index (χ2v) is 13.2. The van der Waals surface area contributed by atoms with Crippen molar-refractivity contribution in [1.29, 1.82) is 0 Å². The summed E-state index contributed by atoms with van der Waals surface area (Å²) in [7, 11) is 0. The van der Waals surface area contributed by atoms with E-state index in [1.165, 1.54) is 11.1 Å². The van der Waals surface area contributed by atoms with Gasteiger partial charge in [0.2, 0.25) is 11.8 Å². The first-order valence-corrected chi connectivity index (χ1v) is 16.4. The number of carbonyl (C=O) groups is 2. The smallest absolute Gasteiger partial charge is 0.225 e. The molecule has 8 nitrogen and oxygen atoms in total. The van der Waals surface area contributed by atoms with Gasteiger partial charge in [0.05, 0.1) is 6.04 Å². The van der Waals surface area contributed by atoms with Crippen molar-refractivity contribution in [1.82, 2.24) is 29.8 Å². The first-order valence-electron chi connectivity index (χ1n) is 16.4. The number of nitrogens with one attached hydrogen (secondary N) is 1. The molecular formula is C35H53ClN6O2. The highest BCUT2D eigenvalue weighted by Crippen LogP contribution is 2.33. The maximum Gasteiger partial charge on any atom is 0.225 e. The zero-order chi connectivity index (χ0) is 30.3. The van der Waals surface area contributed by atoms with Gasteiger partial charge in [-0.1, -0.05) is 88.4 Å². The molecule has 2 aromatic rings. The molecule has 4 heterocycles. The van der Waals surface area contributed by atoms with Gasteiger partial charge in [0, 0.05) is 102 Å². The van der Waals surface area contributed by atoms with Gasteiger partial charge >= 0.3 is 0 Å². The van der Waals surface area contributed by atoms with Gasteiger partial charge in [-0.25, -0.2) is 0 Å². The summed E-state index contributed by atoms with van der Waals surface area (Å²) < 4.78 is 0. The van der Waals surface area contributed by atoms with Gasteiger partial charge < -0.3 is 15.1 Å². The number of benzene rings is 2. The van der Waals surface area contributed by atoms with Crippen LogP contribution in [0, 0.1) is 11.8 Å². The predicted octanol–water partition coefficient (Wildman–Crippen LogP) is 3.44. The van der Waals surface area contributed by atoms with Gasteiger partial charge in [-0.3, -0.25) is 24.3 Å². The average Bonchev–Trinajstić information content (AvgIpc) is 2.99.